The maximum Gasteiger partial charge on any atom is 0.270 e. The highest BCUT2D eigenvalue weighted by Gasteiger charge is 2.32. The van der Waals surface area contributed by atoms with Gasteiger partial charge < -0.3 is 10.1 Å². The quantitative estimate of drug-likeness (QED) is 0.226. The molecule has 9 heteroatoms. The first-order chi connectivity index (χ1) is 19.4. The average molecular weight is 573 g/mol. The number of thioether (sulfide) groups is 1. The summed E-state index contributed by atoms with van der Waals surface area (Å²) in [6, 6.07) is 19.7. The minimum absolute atomic E-state index is 0.0857. The molecule has 0 saturated carbocycles. The second kappa shape index (κ2) is 13.5. The van der Waals surface area contributed by atoms with Crippen molar-refractivity contribution in [2.45, 2.75) is 46.2 Å². The first kappa shape index (κ1) is 29.1. The van der Waals surface area contributed by atoms with Crippen molar-refractivity contribution in [2.75, 3.05) is 19.0 Å². The standard InChI is InChI=1S/C31H32N4O3S2/c1-4-5-16-34-28(33-20-23-9-7-6-8-10-23)25(21(2)26(19-32)29(34)36)18-27-30(37)35(31(39)40-27)17-15-22-11-13-24(38-3)14-12-22/h6-14,18,33H,4-5,15-17,20H2,1-3H3/b27-18+. The Morgan fingerprint density at radius 1 is 1.07 bits per heavy atom. The summed E-state index contributed by atoms with van der Waals surface area (Å²) in [7, 11) is 1.63. The number of thiocarbonyl (C=S) groups is 1. The third kappa shape index (κ3) is 6.46. The van der Waals surface area contributed by atoms with Gasteiger partial charge in [0.1, 0.15) is 27.5 Å². The van der Waals surface area contributed by atoms with E-state index in [-0.39, 0.29) is 17.0 Å². The molecule has 1 saturated heterocycles. The van der Waals surface area contributed by atoms with E-state index in [4.69, 9.17) is 17.0 Å². The Hall–Kier alpha value is -3.87. The number of ether oxygens (including phenoxy) is 1. The number of rotatable bonds is 11. The number of nitrogens with one attached hydrogen (secondary N) is 1. The van der Waals surface area contributed by atoms with Gasteiger partial charge in [-0.25, -0.2) is 0 Å². The molecule has 0 aliphatic carbocycles. The number of unbranched alkanes of at least 4 members (excludes halogenated alkanes) is 1. The van der Waals surface area contributed by atoms with Crippen LogP contribution in [-0.4, -0.2) is 33.3 Å². The van der Waals surface area contributed by atoms with Crippen molar-refractivity contribution in [3.63, 3.8) is 0 Å². The van der Waals surface area contributed by atoms with E-state index < -0.39 is 0 Å². The predicted octanol–water partition coefficient (Wildman–Crippen LogP) is 5.89. The third-order valence-corrected chi connectivity index (χ3v) is 8.22. The number of pyridine rings is 1. The van der Waals surface area contributed by atoms with Crippen molar-refractivity contribution in [3.05, 3.63) is 97.7 Å². The van der Waals surface area contributed by atoms with Crippen LogP contribution >= 0.6 is 24.0 Å². The Morgan fingerprint density at radius 3 is 2.45 bits per heavy atom. The van der Waals surface area contributed by atoms with Gasteiger partial charge in [0.2, 0.25) is 0 Å². The SMILES string of the molecule is CCCCn1c(NCc2ccccc2)c(/C=C2/SC(=S)N(CCc3ccc(OC)cc3)C2=O)c(C)c(C#N)c1=O. The molecule has 0 bridgehead atoms. The van der Waals surface area contributed by atoms with Crippen LogP contribution in [0, 0.1) is 18.3 Å². The number of nitrogens with zero attached hydrogens (tertiary/aromatic N) is 3. The highest BCUT2D eigenvalue weighted by molar-refractivity contribution is 8.26. The van der Waals surface area contributed by atoms with Gasteiger partial charge in [-0.3, -0.25) is 19.1 Å². The zero-order valence-electron chi connectivity index (χ0n) is 22.9. The molecule has 7 nitrogen and oxygen atoms in total. The van der Waals surface area contributed by atoms with Crippen LogP contribution in [0.2, 0.25) is 0 Å². The molecule has 2 aromatic carbocycles. The molecule has 4 rings (SSSR count). The van der Waals surface area contributed by atoms with Crippen molar-refractivity contribution in [1.82, 2.24) is 9.47 Å². The molecule has 1 aliphatic heterocycles. The Morgan fingerprint density at radius 2 is 1.80 bits per heavy atom. The first-order valence-electron chi connectivity index (χ1n) is 13.2. The molecule has 1 N–H and O–H groups in total. The van der Waals surface area contributed by atoms with Gasteiger partial charge in [0, 0.05) is 25.2 Å². The summed E-state index contributed by atoms with van der Waals surface area (Å²) in [5.41, 5.74) is 3.08. The Labute approximate surface area is 244 Å². The topological polar surface area (TPSA) is 87.4 Å². The van der Waals surface area contributed by atoms with E-state index in [0.717, 1.165) is 29.7 Å². The van der Waals surface area contributed by atoms with Crippen molar-refractivity contribution >= 4 is 46.1 Å². The van der Waals surface area contributed by atoms with Crippen LogP contribution in [0.4, 0.5) is 5.82 Å². The number of methoxy groups -OCH3 is 1. The molecule has 2 heterocycles. The van der Waals surface area contributed by atoms with Crippen LogP contribution in [0.3, 0.4) is 0 Å². The van der Waals surface area contributed by atoms with E-state index in [9.17, 15) is 14.9 Å². The van der Waals surface area contributed by atoms with Crippen LogP contribution in [-0.2, 0) is 24.3 Å². The zero-order chi connectivity index (χ0) is 28.6. The van der Waals surface area contributed by atoms with Crippen molar-refractivity contribution in [1.29, 1.82) is 5.26 Å². The summed E-state index contributed by atoms with van der Waals surface area (Å²) in [6.07, 6.45) is 4.09. The smallest absolute Gasteiger partial charge is 0.270 e. The molecule has 1 aromatic heterocycles. The average Bonchev–Trinajstić information content (AvgIpc) is 3.24. The van der Waals surface area contributed by atoms with Gasteiger partial charge in [0.05, 0.1) is 12.0 Å². The number of carbonyl (C=O) groups is 1. The highest BCUT2D eigenvalue weighted by atomic mass is 32.2. The number of amides is 1. The molecule has 0 radical (unpaired) electrons. The zero-order valence-corrected chi connectivity index (χ0v) is 24.5. The molecule has 3 aromatic rings. The minimum Gasteiger partial charge on any atom is -0.497 e. The van der Waals surface area contributed by atoms with Crippen LogP contribution < -0.4 is 15.6 Å². The number of anilines is 1. The summed E-state index contributed by atoms with van der Waals surface area (Å²) in [6.45, 7) is 5.21. The van der Waals surface area contributed by atoms with Crippen LogP contribution in [0.5, 0.6) is 5.75 Å². The second-order valence-electron chi connectivity index (χ2n) is 9.46. The van der Waals surface area contributed by atoms with E-state index in [0.29, 0.717) is 52.2 Å². The summed E-state index contributed by atoms with van der Waals surface area (Å²) in [5, 5.41) is 13.3. The van der Waals surface area contributed by atoms with Crippen molar-refractivity contribution in [2.24, 2.45) is 0 Å². The monoisotopic (exact) mass is 572 g/mol. The first-order valence-corrected chi connectivity index (χ1v) is 14.4. The number of nitriles is 1. The fourth-order valence-electron chi connectivity index (χ4n) is 4.52. The summed E-state index contributed by atoms with van der Waals surface area (Å²) < 4.78 is 7.34. The van der Waals surface area contributed by atoms with Gasteiger partial charge in [0.15, 0.2) is 0 Å². The fourth-order valence-corrected chi connectivity index (χ4v) is 5.81. The minimum atomic E-state index is -0.326. The van der Waals surface area contributed by atoms with E-state index in [1.54, 1.807) is 29.6 Å². The molecule has 1 aliphatic rings. The highest BCUT2D eigenvalue weighted by Crippen LogP contribution is 2.35. The van der Waals surface area contributed by atoms with Gasteiger partial charge >= 0.3 is 0 Å². The Balaban J connectivity index is 1.69. The van der Waals surface area contributed by atoms with Crippen molar-refractivity contribution in [3.8, 4) is 11.8 Å². The molecule has 1 fully saturated rings. The van der Waals surface area contributed by atoms with Gasteiger partial charge in [-0.1, -0.05) is 79.8 Å². The number of hydrogen-bond acceptors (Lipinski definition) is 7. The number of aromatic nitrogens is 1. The molecule has 0 spiro atoms. The summed E-state index contributed by atoms with van der Waals surface area (Å²) >= 11 is 6.83. The van der Waals surface area contributed by atoms with Gasteiger partial charge in [-0.05, 0) is 54.7 Å². The van der Waals surface area contributed by atoms with Gasteiger partial charge in [0.25, 0.3) is 11.5 Å². The molecule has 0 atom stereocenters. The van der Waals surface area contributed by atoms with Crippen molar-refractivity contribution < 1.29 is 9.53 Å². The number of hydrogen-bond donors (Lipinski definition) is 1. The Bertz CT molecular complexity index is 1520. The number of carbonyl (C=O) groups excluding carboxylic acids is 1. The lowest BCUT2D eigenvalue weighted by Gasteiger charge is -2.20. The molecular formula is C31H32N4O3S2. The molecular weight excluding hydrogens is 541 g/mol. The summed E-state index contributed by atoms with van der Waals surface area (Å²) in [4.78, 5) is 28.9. The largest absolute Gasteiger partial charge is 0.497 e. The van der Waals surface area contributed by atoms with E-state index in [1.165, 1.54) is 11.8 Å². The maximum absolute atomic E-state index is 13.5. The molecule has 40 heavy (non-hydrogen) atoms. The maximum atomic E-state index is 13.5. The van der Waals surface area contributed by atoms with Gasteiger partial charge in [-0.2, -0.15) is 5.26 Å². The number of benzene rings is 2. The van der Waals surface area contributed by atoms with Gasteiger partial charge in [-0.15, -0.1) is 0 Å². The molecule has 1 amide bonds. The summed E-state index contributed by atoms with van der Waals surface area (Å²) in [5.74, 6) is 1.20. The van der Waals surface area contributed by atoms with Crippen LogP contribution in [0.15, 0.2) is 64.3 Å². The second-order valence-corrected chi connectivity index (χ2v) is 11.1. The lowest BCUT2D eigenvalue weighted by Crippen LogP contribution is -2.30. The van der Waals surface area contributed by atoms with E-state index >= 15 is 0 Å². The molecule has 0 unspecified atom stereocenters. The van der Waals surface area contributed by atoms with Crippen LogP contribution in [0.25, 0.3) is 6.08 Å². The normalized spacial score (nSPS) is 14.1. The van der Waals surface area contributed by atoms with E-state index in [1.807, 2.05) is 54.6 Å². The fraction of sp³-hybridized carbons (Fsp3) is 0.290. The van der Waals surface area contributed by atoms with Crippen LogP contribution in [0.1, 0.15) is 47.6 Å². The molecule has 206 valence electrons. The predicted molar refractivity (Wildman–Crippen MR) is 165 cm³/mol. The lowest BCUT2D eigenvalue weighted by atomic mass is 10.0. The third-order valence-electron chi connectivity index (χ3n) is 6.85. The van der Waals surface area contributed by atoms with E-state index in [2.05, 4.69) is 18.3 Å². The lowest BCUT2D eigenvalue weighted by molar-refractivity contribution is -0.122. The Kier molecular flexibility index (Phi) is 9.80.